The Morgan fingerprint density at radius 2 is 1.74 bits per heavy atom. The minimum Gasteiger partial charge on any atom is -0.426 e. The molecule has 0 aromatic heterocycles. The van der Waals surface area contributed by atoms with Gasteiger partial charge in [0.2, 0.25) is 0 Å². The van der Waals surface area contributed by atoms with Gasteiger partial charge < -0.3 is 4.74 Å². The molecule has 0 atom stereocenters. The average Bonchev–Trinajstić information content (AvgIpc) is 2.26. The second-order valence-electron chi connectivity index (χ2n) is 5.72. The topological polar surface area (TPSA) is 69.4 Å². The van der Waals surface area contributed by atoms with Gasteiger partial charge in [0, 0.05) is 11.0 Å². The van der Waals surface area contributed by atoms with Gasteiger partial charge in [0.1, 0.15) is 5.75 Å². The molecule has 0 radical (unpaired) electrons. The Balaban J connectivity index is 2.93. The predicted molar refractivity (Wildman–Crippen MR) is 70.6 cm³/mol. The van der Waals surface area contributed by atoms with E-state index in [-0.39, 0.29) is 23.0 Å². The molecule has 5 nitrogen and oxygen atoms in total. The highest BCUT2D eigenvalue weighted by molar-refractivity contribution is 5.81. The van der Waals surface area contributed by atoms with Crippen molar-refractivity contribution in [1.82, 2.24) is 0 Å². The Hall–Kier alpha value is -1.91. The molecule has 0 saturated carbocycles. The molecule has 19 heavy (non-hydrogen) atoms. The number of nitrogens with zero attached hydrogens (tertiary/aromatic N) is 1. The van der Waals surface area contributed by atoms with Gasteiger partial charge in [-0.25, -0.2) is 0 Å². The fraction of sp³-hybridized carbons (Fsp3) is 0.500. The molecule has 0 amide bonds. The molecule has 0 unspecified atom stereocenters. The van der Waals surface area contributed by atoms with Gasteiger partial charge in [-0.1, -0.05) is 13.8 Å². The van der Waals surface area contributed by atoms with Gasteiger partial charge in [0.05, 0.1) is 16.9 Å². The number of carbonyl (C=O) groups is 1. The smallest absolute Gasteiger partial charge is 0.312 e. The number of hydrogen-bond donors (Lipinski definition) is 0. The molecule has 0 saturated heterocycles. The second-order valence-corrected chi connectivity index (χ2v) is 5.72. The zero-order valence-corrected chi connectivity index (χ0v) is 11.8. The monoisotopic (exact) mass is 263 g/mol. The lowest BCUT2D eigenvalue weighted by molar-refractivity contribution is -0.386. The Bertz CT molecular complexity index is 602. The highest BCUT2D eigenvalue weighted by Crippen LogP contribution is 2.48. The summed E-state index contributed by atoms with van der Waals surface area (Å²) >= 11 is 0. The summed E-state index contributed by atoms with van der Waals surface area (Å²) in [5, 5.41) is 11.4. The Morgan fingerprint density at radius 3 is 2.26 bits per heavy atom. The molecule has 0 N–H and O–H groups in total. The maximum atomic E-state index is 11.7. The molecule has 1 aromatic rings. The minimum absolute atomic E-state index is 0.0793. The van der Waals surface area contributed by atoms with Crippen LogP contribution in [0.5, 0.6) is 5.75 Å². The van der Waals surface area contributed by atoms with E-state index in [2.05, 4.69) is 0 Å². The van der Waals surface area contributed by atoms with Crippen molar-refractivity contribution in [2.45, 2.75) is 46.5 Å². The molecule has 0 spiro atoms. The van der Waals surface area contributed by atoms with Crippen molar-refractivity contribution in [1.29, 1.82) is 0 Å². The number of hydrogen-bond acceptors (Lipinski definition) is 4. The minimum atomic E-state index is -0.587. The molecule has 0 fully saturated rings. The first kappa shape index (κ1) is 13.5. The fourth-order valence-corrected chi connectivity index (χ4v) is 2.69. The predicted octanol–water partition coefficient (Wildman–Crippen LogP) is 3.11. The lowest BCUT2D eigenvalue weighted by Gasteiger charge is -2.32. The fourth-order valence-electron chi connectivity index (χ4n) is 2.69. The van der Waals surface area contributed by atoms with Crippen LogP contribution in [0.25, 0.3) is 0 Å². The van der Waals surface area contributed by atoms with Crippen molar-refractivity contribution in [2.75, 3.05) is 0 Å². The SMILES string of the molecule is Cc1c(C)c2c(c([N+](=O)[O-])c1C)C(C)(C)CC(=O)O2. The summed E-state index contributed by atoms with van der Waals surface area (Å²) in [5.41, 5.74) is 2.28. The lowest BCUT2D eigenvalue weighted by atomic mass is 9.76. The average molecular weight is 263 g/mol. The molecule has 5 heteroatoms. The van der Waals surface area contributed by atoms with Crippen LogP contribution in [0.4, 0.5) is 5.69 Å². The number of rotatable bonds is 1. The number of nitro benzene ring substituents is 1. The van der Waals surface area contributed by atoms with Crippen molar-refractivity contribution in [3.63, 3.8) is 0 Å². The summed E-state index contributed by atoms with van der Waals surface area (Å²) < 4.78 is 5.28. The lowest BCUT2D eigenvalue weighted by Crippen LogP contribution is -2.32. The number of ether oxygens (including phenoxy) is 1. The highest BCUT2D eigenvalue weighted by atomic mass is 16.6. The first-order chi connectivity index (χ1) is 8.66. The van der Waals surface area contributed by atoms with Gasteiger partial charge in [-0.3, -0.25) is 14.9 Å². The van der Waals surface area contributed by atoms with Gasteiger partial charge in [0.25, 0.3) is 5.69 Å². The van der Waals surface area contributed by atoms with Gasteiger partial charge in [-0.2, -0.15) is 0 Å². The van der Waals surface area contributed by atoms with Crippen molar-refractivity contribution in [2.24, 2.45) is 0 Å². The van der Waals surface area contributed by atoms with E-state index in [4.69, 9.17) is 4.74 Å². The maximum Gasteiger partial charge on any atom is 0.312 e. The van der Waals surface area contributed by atoms with E-state index in [1.165, 1.54) is 0 Å². The normalized spacial score (nSPS) is 16.8. The van der Waals surface area contributed by atoms with Crippen LogP contribution >= 0.6 is 0 Å². The highest BCUT2D eigenvalue weighted by Gasteiger charge is 2.42. The van der Waals surface area contributed by atoms with E-state index >= 15 is 0 Å². The summed E-state index contributed by atoms with van der Waals surface area (Å²) in [5.74, 6) is 0.0363. The summed E-state index contributed by atoms with van der Waals surface area (Å²) in [6, 6.07) is 0. The second kappa shape index (κ2) is 4.05. The number of carbonyl (C=O) groups excluding carboxylic acids is 1. The molecule has 2 rings (SSSR count). The molecular formula is C14H17NO4. The van der Waals surface area contributed by atoms with Crippen molar-refractivity contribution < 1.29 is 14.5 Å². The van der Waals surface area contributed by atoms with Crippen LogP contribution in [0.15, 0.2) is 0 Å². The molecule has 1 aliphatic heterocycles. The standard InChI is InChI=1S/C14H17NO4/c1-7-8(2)12(15(17)18)11-13(9(7)3)19-10(16)6-14(11,4)5/h6H2,1-5H3. The quantitative estimate of drug-likeness (QED) is 0.338. The van der Waals surface area contributed by atoms with E-state index in [0.29, 0.717) is 16.9 Å². The van der Waals surface area contributed by atoms with Crippen molar-refractivity contribution in [3.05, 3.63) is 32.4 Å². The van der Waals surface area contributed by atoms with Crippen LogP contribution in [0.2, 0.25) is 0 Å². The van der Waals surface area contributed by atoms with Gasteiger partial charge in [-0.15, -0.1) is 0 Å². The zero-order chi connectivity index (χ0) is 14.5. The van der Waals surface area contributed by atoms with E-state index in [9.17, 15) is 14.9 Å². The summed E-state index contributed by atoms with van der Waals surface area (Å²) in [6.07, 6.45) is 0.156. The first-order valence-electron chi connectivity index (χ1n) is 6.16. The van der Waals surface area contributed by atoms with E-state index < -0.39 is 5.41 Å². The van der Waals surface area contributed by atoms with E-state index in [1.807, 2.05) is 27.7 Å². The van der Waals surface area contributed by atoms with Crippen molar-refractivity contribution in [3.8, 4) is 5.75 Å². The van der Waals surface area contributed by atoms with Crippen LogP contribution in [0.3, 0.4) is 0 Å². The third-order valence-electron chi connectivity index (χ3n) is 3.95. The van der Waals surface area contributed by atoms with Gasteiger partial charge in [0.15, 0.2) is 0 Å². The molecule has 1 heterocycles. The van der Waals surface area contributed by atoms with E-state index in [0.717, 1.165) is 11.1 Å². The molecule has 0 bridgehead atoms. The number of nitro groups is 1. The Kier molecular flexibility index (Phi) is 2.88. The number of benzene rings is 1. The third kappa shape index (κ3) is 1.89. The number of fused-ring (bicyclic) bond motifs is 1. The molecule has 102 valence electrons. The van der Waals surface area contributed by atoms with Crippen LogP contribution in [0, 0.1) is 30.9 Å². The van der Waals surface area contributed by atoms with E-state index in [1.54, 1.807) is 6.92 Å². The Morgan fingerprint density at radius 1 is 1.16 bits per heavy atom. The molecule has 0 aliphatic carbocycles. The summed E-state index contributed by atoms with van der Waals surface area (Å²) in [7, 11) is 0. The third-order valence-corrected chi connectivity index (χ3v) is 3.95. The first-order valence-corrected chi connectivity index (χ1v) is 6.16. The zero-order valence-electron chi connectivity index (χ0n) is 11.8. The molecule has 1 aliphatic rings. The summed E-state index contributed by atoms with van der Waals surface area (Å²) in [6.45, 7) is 9.07. The molecular weight excluding hydrogens is 246 g/mol. The largest absolute Gasteiger partial charge is 0.426 e. The van der Waals surface area contributed by atoms with Crippen molar-refractivity contribution >= 4 is 11.7 Å². The van der Waals surface area contributed by atoms with Crippen LogP contribution < -0.4 is 4.74 Å². The van der Waals surface area contributed by atoms with Gasteiger partial charge >= 0.3 is 5.97 Å². The summed E-state index contributed by atoms with van der Waals surface area (Å²) in [4.78, 5) is 22.7. The van der Waals surface area contributed by atoms with Crippen LogP contribution in [-0.4, -0.2) is 10.9 Å². The van der Waals surface area contributed by atoms with Gasteiger partial charge in [-0.05, 0) is 31.9 Å². The molecule has 1 aromatic carbocycles. The van der Waals surface area contributed by atoms with Crippen LogP contribution in [-0.2, 0) is 10.2 Å². The maximum absolute atomic E-state index is 11.7. The van der Waals surface area contributed by atoms with Crippen LogP contribution in [0.1, 0.15) is 42.5 Å². The number of esters is 1. The Labute approximate surface area is 111 Å².